The third-order valence-electron chi connectivity index (χ3n) is 6.54. The molecule has 0 aromatic heterocycles. The Hall–Kier alpha value is -0.670. The van der Waals surface area contributed by atoms with Crippen LogP contribution in [-0.4, -0.2) is 31.8 Å². The van der Waals surface area contributed by atoms with Gasteiger partial charge in [0, 0.05) is 31.5 Å². The Bertz CT molecular complexity index is 515. The zero-order valence-electron chi connectivity index (χ0n) is 20.1. The minimum Gasteiger partial charge on any atom is -0.349 e. The van der Waals surface area contributed by atoms with Gasteiger partial charge in [0.05, 0.1) is 13.2 Å². The summed E-state index contributed by atoms with van der Waals surface area (Å²) < 4.78 is 12.8. The monoisotopic (exact) mass is 405 g/mol. The number of hydrogen-bond acceptors (Lipinski definition) is 3. The minimum atomic E-state index is -0.516. The summed E-state index contributed by atoms with van der Waals surface area (Å²) in [7, 11) is 0. The quantitative estimate of drug-likeness (QED) is 0.303. The molecule has 0 amide bonds. The van der Waals surface area contributed by atoms with Gasteiger partial charge in [0.2, 0.25) is 0 Å². The molecule has 2 aliphatic rings. The van der Waals surface area contributed by atoms with Crippen LogP contribution in [0.15, 0.2) is 17.6 Å². The molecule has 0 aromatic rings. The highest BCUT2D eigenvalue weighted by molar-refractivity contribution is 5.61. The van der Waals surface area contributed by atoms with Crippen molar-refractivity contribution in [3.8, 4) is 0 Å². The summed E-state index contributed by atoms with van der Waals surface area (Å²) in [5.74, 6) is 1.50. The maximum Gasteiger partial charge on any atom is 0.169 e. The van der Waals surface area contributed by atoms with Crippen molar-refractivity contribution < 1.29 is 9.47 Å². The van der Waals surface area contributed by atoms with Crippen LogP contribution in [0.4, 0.5) is 0 Å². The smallest absolute Gasteiger partial charge is 0.169 e. The van der Waals surface area contributed by atoms with Gasteiger partial charge in [-0.2, -0.15) is 0 Å². The summed E-state index contributed by atoms with van der Waals surface area (Å²) in [6.45, 7) is 19.9. The highest BCUT2D eigenvalue weighted by Crippen LogP contribution is 2.42. The lowest BCUT2D eigenvalue weighted by atomic mass is 9.78. The predicted octanol–water partition coefficient (Wildman–Crippen LogP) is 7.06. The first-order chi connectivity index (χ1) is 13.6. The first-order valence-electron chi connectivity index (χ1n) is 12.0. The van der Waals surface area contributed by atoms with Gasteiger partial charge in [-0.1, -0.05) is 73.3 Å². The summed E-state index contributed by atoms with van der Waals surface area (Å²) in [5.41, 5.74) is 0.136. The Morgan fingerprint density at radius 3 is 2.07 bits per heavy atom. The van der Waals surface area contributed by atoms with E-state index in [1.807, 2.05) is 6.08 Å². The summed E-state index contributed by atoms with van der Waals surface area (Å²) in [5, 5.41) is 0. The first kappa shape index (κ1) is 24.6. The van der Waals surface area contributed by atoms with Gasteiger partial charge in [0.25, 0.3) is 0 Å². The molecule has 0 unspecified atom stereocenters. The second-order valence-corrected chi connectivity index (χ2v) is 11.6. The average Bonchev–Trinajstić information content (AvgIpc) is 2.63. The van der Waals surface area contributed by atoms with Crippen molar-refractivity contribution in [2.24, 2.45) is 33.6 Å². The summed E-state index contributed by atoms with van der Waals surface area (Å²) in [6.07, 6.45) is 14.1. The van der Waals surface area contributed by atoms with E-state index in [4.69, 9.17) is 14.5 Å². The fourth-order valence-corrected chi connectivity index (χ4v) is 5.00. The second-order valence-electron chi connectivity index (χ2n) is 11.6. The highest BCUT2D eigenvalue weighted by atomic mass is 16.7. The molecule has 1 saturated heterocycles. The van der Waals surface area contributed by atoms with Crippen LogP contribution in [-0.2, 0) is 9.47 Å². The molecule has 1 saturated carbocycles. The van der Waals surface area contributed by atoms with E-state index in [2.05, 4.69) is 54.3 Å². The normalized spacial score (nSPS) is 31.9. The molecule has 168 valence electrons. The highest BCUT2D eigenvalue weighted by Gasteiger charge is 2.43. The van der Waals surface area contributed by atoms with Crippen LogP contribution in [0.2, 0.25) is 0 Å². The van der Waals surface area contributed by atoms with Crippen LogP contribution in [0.1, 0.15) is 92.9 Å². The molecule has 0 radical (unpaired) electrons. The van der Waals surface area contributed by atoms with Crippen LogP contribution in [0.25, 0.3) is 0 Å². The van der Waals surface area contributed by atoms with E-state index in [0.717, 1.165) is 31.2 Å². The summed E-state index contributed by atoms with van der Waals surface area (Å²) in [4.78, 5) is 4.80. The predicted molar refractivity (Wildman–Crippen MR) is 125 cm³/mol. The standard InChI is InChI=1S/C26H47NO2/c1-8-10-21-11-13-22(14-12-21)15-27-16-23-17-28-26(29-18-23,19-24(3,4)5)20-25(6,7)9-2/h9,16,21-23H,2,8,10-15,17-20H2,1,3-7H3. The molecule has 1 aliphatic heterocycles. The maximum absolute atomic E-state index is 6.41. The molecule has 0 aromatic carbocycles. The second kappa shape index (κ2) is 10.6. The van der Waals surface area contributed by atoms with Crippen LogP contribution in [0.3, 0.4) is 0 Å². The fourth-order valence-electron chi connectivity index (χ4n) is 5.00. The summed E-state index contributed by atoms with van der Waals surface area (Å²) >= 11 is 0. The SMILES string of the molecule is C=CC(C)(C)CC1(CC(C)(C)C)OCC(C=NCC2CCC(CCC)CC2)CO1. The number of ether oxygens (including phenoxy) is 2. The van der Waals surface area contributed by atoms with Crippen molar-refractivity contribution in [3.63, 3.8) is 0 Å². The number of nitrogens with zero attached hydrogens (tertiary/aromatic N) is 1. The average molecular weight is 406 g/mol. The van der Waals surface area contributed by atoms with Crippen LogP contribution >= 0.6 is 0 Å². The number of hydrogen-bond donors (Lipinski definition) is 0. The van der Waals surface area contributed by atoms with E-state index < -0.39 is 5.79 Å². The lowest BCUT2D eigenvalue weighted by Gasteiger charge is -2.45. The largest absolute Gasteiger partial charge is 0.349 e. The molecule has 3 heteroatoms. The Kier molecular flexibility index (Phi) is 8.97. The van der Waals surface area contributed by atoms with E-state index in [0.29, 0.717) is 13.2 Å². The van der Waals surface area contributed by atoms with E-state index in [-0.39, 0.29) is 16.7 Å². The third-order valence-corrected chi connectivity index (χ3v) is 6.54. The molecule has 0 atom stereocenters. The molecular weight excluding hydrogens is 358 g/mol. The maximum atomic E-state index is 6.41. The van der Waals surface area contributed by atoms with Crippen molar-refractivity contribution in [1.82, 2.24) is 0 Å². The topological polar surface area (TPSA) is 30.8 Å². The fraction of sp³-hybridized carbons (Fsp3) is 0.885. The molecule has 0 N–H and O–H groups in total. The van der Waals surface area contributed by atoms with Crippen LogP contribution in [0.5, 0.6) is 0 Å². The Balaban J connectivity index is 1.83. The number of rotatable bonds is 9. The Morgan fingerprint density at radius 1 is 0.966 bits per heavy atom. The van der Waals surface area contributed by atoms with Gasteiger partial charge in [-0.25, -0.2) is 0 Å². The van der Waals surface area contributed by atoms with E-state index in [1.54, 1.807) is 0 Å². The lowest BCUT2D eigenvalue weighted by Crippen LogP contribution is -2.49. The van der Waals surface area contributed by atoms with E-state index in [9.17, 15) is 0 Å². The van der Waals surface area contributed by atoms with Gasteiger partial charge >= 0.3 is 0 Å². The molecule has 0 spiro atoms. The zero-order valence-corrected chi connectivity index (χ0v) is 20.1. The van der Waals surface area contributed by atoms with Crippen molar-refractivity contribution in [1.29, 1.82) is 0 Å². The molecule has 3 nitrogen and oxygen atoms in total. The molecular formula is C26H47NO2. The van der Waals surface area contributed by atoms with Crippen LogP contribution < -0.4 is 0 Å². The number of aliphatic imine (C=N–C) groups is 1. The van der Waals surface area contributed by atoms with Gasteiger partial charge in [-0.3, -0.25) is 4.99 Å². The first-order valence-corrected chi connectivity index (χ1v) is 12.0. The van der Waals surface area contributed by atoms with Gasteiger partial charge in [-0.15, -0.1) is 6.58 Å². The van der Waals surface area contributed by atoms with Crippen molar-refractivity contribution in [2.75, 3.05) is 19.8 Å². The third kappa shape index (κ3) is 8.53. The minimum absolute atomic E-state index is 0.0111. The van der Waals surface area contributed by atoms with E-state index in [1.165, 1.54) is 38.5 Å². The Morgan fingerprint density at radius 2 is 1.55 bits per heavy atom. The molecule has 2 fully saturated rings. The van der Waals surface area contributed by atoms with Gasteiger partial charge < -0.3 is 9.47 Å². The van der Waals surface area contributed by atoms with Gasteiger partial charge in [0.15, 0.2) is 5.79 Å². The van der Waals surface area contributed by atoms with Crippen molar-refractivity contribution in [2.45, 2.75) is 98.7 Å². The molecule has 1 aliphatic carbocycles. The molecule has 0 bridgehead atoms. The number of allylic oxidation sites excluding steroid dienone is 1. The Labute approximate surface area is 180 Å². The molecule has 29 heavy (non-hydrogen) atoms. The summed E-state index contributed by atoms with van der Waals surface area (Å²) in [6, 6.07) is 0. The zero-order chi connectivity index (χ0) is 21.5. The van der Waals surface area contributed by atoms with Crippen LogP contribution in [0, 0.1) is 28.6 Å². The van der Waals surface area contributed by atoms with E-state index >= 15 is 0 Å². The van der Waals surface area contributed by atoms with Crippen molar-refractivity contribution >= 4 is 6.21 Å². The van der Waals surface area contributed by atoms with Gasteiger partial charge in [-0.05, 0) is 35.5 Å². The lowest BCUT2D eigenvalue weighted by molar-refractivity contribution is -0.296. The van der Waals surface area contributed by atoms with Crippen molar-refractivity contribution in [3.05, 3.63) is 12.7 Å². The molecule has 1 heterocycles. The van der Waals surface area contributed by atoms with Gasteiger partial charge in [0.1, 0.15) is 0 Å². The molecule has 2 rings (SSSR count).